The molecule has 5 aliphatic carbocycles. The number of fused-ring (bicyclic) bond motifs is 2. The van der Waals surface area contributed by atoms with Crippen molar-refractivity contribution in [1.29, 1.82) is 0 Å². The van der Waals surface area contributed by atoms with Crippen LogP contribution in [0.5, 0.6) is 57.5 Å². The first-order chi connectivity index (χ1) is 67.7. The van der Waals surface area contributed by atoms with Gasteiger partial charge >= 0.3 is 0 Å². The van der Waals surface area contributed by atoms with Crippen LogP contribution in [0.15, 0.2) is 243 Å². The van der Waals surface area contributed by atoms with Crippen LogP contribution in [0.25, 0.3) is 0 Å². The van der Waals surface area contributed by atoms with Crippen LogP contribution in [0.3, 0.4) is 0 Å². The molecule has 770 valence electrons. The lowest BCUT2D eigenvalue weighted by Crippen LogP contribution is -2.35. The van der Waals surface area contributed by atoms with Gasteiger partial charge in [-0.05, 0) is 345 Å². The number of ether oxygens (including phenoxy) is 10. The van der Waals surface area contributed by atoms with Crippen molar-refractivity contribution in [1.82, 2.24) is 0 Å². The highest BCUT2D eigenvalue weighted by molar-refractivity contribution is 5.34. The zero-order valence-corrected chi connectivity index (χ0v) is 89.3. The molecule has 0 aromatic heterocycles. The minimum Gasteiger partial charge on any atom is -0.508 e. The Morgan fingerprint density at radius 2 is 0.500 bits per heavy atom. The lowest BCUT2D eigenvalue weighted by Gasteiger charge is -2.32. The van der Waals surface area contributed by atoms with E-state index in [1.54, 1.807) is 67.8 Å². The number of phenols is 5. The number of benzene rings is 10. The monoisotopic (exact) mass is 1920 g/mol. The maximum Gasteiger partial charge on any atom is 0.203 e. The SMILES string of the molecule is CCOC(Oc1ccc(CC)cc1)C1CCCCC1.CCc1ccc(O)cc1.CCc1ccc(O)cc1.CCc1ccc(O)cc1.CCc1ccc(O)cc1.CCc1ccc(O)cc1.CCc1ccc(OC(OC(C)C)C2CC3CCC2C3)cc1.CCc1ccc(OC(OC(C)C)C2CCCCC2)cc1.CCc1ccc(OC(OC)C(C)C)cc1.CCc1ccc(OC(OC2CCCCC2)C(C)C)cc1. The van der Waals surface area contributed by atoms with E-state index in [0.717, 1.165) is 105 Å². The number of aromatic hydroxyl groups is 5. The highest BCUT2D eigenvalue weighted by Crippen LogP contribution is 2.51. The van der Waals surface area contributed by atoms with Crippen molar-refractivity contribution >= 4 is 0 Å². The Kier molecular flexibility index (Phi) is 58.5. The van der Waals surface area contributed by atoms with Crippen molar-refractivity contribution in [2.75, 3.05) is 13.7 Å². The topological polar surface area (TPSA) is 193 Å². The summed E-state index contributed by atoms with van der Waals surface area (Å²) in [6.45, 7) is 40.9. The van der Waals surface area contributed by atoms with Gasteiger partial charge in [0.05, 0.1) is 18.3 Å². The summed E-state index contributed by atoms with van der Waals surface area (Å²) in [7, 11) is 1.67. The smallest absolute Gasteiger partial charge is 0.203 e. The molecule has 0 heterocycles. The molecule has 140 heavy (non-hydrogen) atoms. The van der Waals surface area contributed by atoms with Gasteiger partial charge in [-0.3, -0.25) is 0 Å². The molecular weight excluding hydrogens is 1740 g/mol. The van der Waals surface area contributed by atoms with Crippen LogP contribution in [-0.2, 0) is 87.9 Å². The number of phenolic OH excluding ortho intramolecular Hbond substituents is 5. The average molecular weight is 1920 g/mol. The summed E-state index contributed by atoms with van der Waals surface area (Å²) in [5.41, 5.74) is 13.0. The van der Waals surface area contributed by atoms with Crippen LogP contribution >= 0.6 is 0 Å². The molecule has 8 atom stereocenters. The molecule has 0 radical (unpaired) electrons. The summed E-state index contributed by atoms with van der Waals surface area (Å²) in [5.74, 6) is 10.4. The highest BCUT2D eigenvalue weighted by Gasteiger charge is 2.45. The molecule has 15 nitrogen and oxygen atoms in total. The molecule has 5 fully saturated rings. The zero-order chi connectivity index (χ0) is 102. The van der Waals surface area contributed by atoms with Gasteiger partial charge in [-0.1, -0.05) is 282 Å². The molecule has 0 saturated heterocycles. The number of hydrogen-bond donors (Lipinski definition) is 5. The van der Waals surface area contributed by atoms with Crippen molar-refractivity contribution in [2.24, 2.45) is 41.4 Å². The third-order valence-corrected chi connectivity index (χ3v) is 26.2. The third kappa shape index (κ3) is 47.7. The molecule has 8 unspecified atom stereocenters. The van der Waals surface area contributed by atoms with Gasteiger partial charge in [0.2, 0.25) is 31.5 Å². The van der Waals surface area contributed by atoms with E-state index < -0.39 is 0 Å². The second-order valence-corrected chi connectivity index (χ2v) is 38.6. The summed E-state index contributed by atoms with van der Waals surface area (Å²) < 4.78 is 59.6. The minimum atomic E-state index is -0.169. The molecule has 10 aromatic carbocycles. The quantitative estimate of drug-likeness (QED) is 0.0239. The summed E-state index contributed by atoms with van der Waals surface area (Å²) >= 11 is 0. The van der Waals surface area contributed by atoms with Gasteiger partial charge in [-0.25, -0.2) is 0 Å². The van der Waals surface area contributed by atoms with E-state index in [4.69, 9.17) is 72.9 Å². The molecule has 15 heteroatoms. The molecule has 0 spiro atoms. The molecule has 0 amide bonds. The summed E-state index contributed by atoms with van der Waals surface area (Å²) in [5, 5.41) is 44.3. The lowest BCUT2D eigenvalue weighted by molar-refractivity contribution is -0.150. The summed E-state index contributed by atoms with van der Waals surface area (Å²) in [6.07, 6.45) is 35.3. The highest BCUT2D eigenvalue weighted by atomic mass is 16.7. The summed E-state index contributed by atoms with van der Waals surface area (Å²) in [6, 6.07) is 78.2. The first-order valence-electron chi connectivity index (χ1n) is 53.4. The Morgan fingerprint density at radius 1 is 0.257 bits per heavy atom. The molecule has 5 N–H and O–H groups in total. The van der Waals surface area contributed by atoms with E-state index in [1.165, 1.54) is 178 Å². The fraction of sp³-hybridized carbons (Fsp3) is 0.520. The van der Waals surface area contributed by atoms with Crippen LogP contribution in [0.4, 0.5) is 0 Å². The van der Waals surface area contributed by atoms with E-state index in [9.17, 15) is 0 Å². The number of hydrogen-bond acceptors (Lipinski definition) is 15. The Balaban J connectivity index is 0.000000243. The predicted octanol–water partition coefficient (Wildman–Crippen LogP) is 32.3. The van der Waals surface area contributed by atoms with Crippen LogP contribution in [0, 0.1) is 41.4 Å². The second-order valence-electron chi connectivity index (χ2n) is 38.6. The molecule has 2 bridgehead atoms. The van der Waals surface area contributed by atoms with Crippen molar-refractivity contribution < 1.29 is 72.9 Å². The van der Waals surface area contributed by atoms with Gasteiger partial charge in [-0.15, -0.1) is 0 Å². The van der Waals surface area contributed by atoms with Gasteiger partial charge in [0.15, 0.2) is 0 Å². The van der Waals surface area contributed by atoms with E-state index in [-0.39, 0.29) is 43.7 Å². The first kappa shape index (κ1) is 119. The number of methoxy groups -OCH3 is 1. The number of rotatable bonds is 34. The van der Waals surface area contributed by atoms with Crippen LogP contribution in [-0.4, -0.2) is 89.0 Å². The van der Waals surface area contributed by atoms with E-state index >= 15 is 0 Å². The van der Waals surface area contributed by atoms with Gasteiger partial charge in [0, 0.05) is 43.3 Å². The molecule has 10 aromatic rings. The fourth-order valence-corrected chi connectivity index (χ4v) is 17.4. The average Bonchev–Trinajstić information content (AvgIpc) is 1.65. The maximum atomic E-state index is 8.85. The second kappa shape index (κ2) is 69.0. The van der Waals surface area contributed by atoms with Crippen molar-refractivity contribution in [3.63, 3.8) is 0 Å². The Labute approximate surface area is 846 Å². The lowest BCUT2D eigenvalue weighted by atomic mass is 9.88. The molecule has 5 aliphatic rings. The molecule has 15 rings (SSSR count). The van der Waals surface area contributed by atoms with Gasteiger partial charge in [0.1, 0.15) is 57.5 Å². The van der Waals surface area contributed by atoms with Gasteiger partial charge in [-0.2, -0.15) is 0 Å². The molecule has 5 saturated carbocycles. The zero-order valence-electron chi connectivity index (χ0n) is 89.3. The molecule has 0 aliphatic heterocycles. The van der Waals surface area contributed by atoms with Crippen LogP contribution in [0.1, 0.15) is 309 Å². The maximum absolute atomic E-state index is 8.85. The largest absolute Gasteiger partial charge is 0.508 e. The Bertz CT molecular complexity index is 4430. The standard InChI is InChI=1S/C19H28O2.2C18H28O2.C17H26O2.C13H20O2.5C8H10O/c1-4-14-6-9-17(10-7-14)21-19(20-13(2)3)18-12-15-5-8-16(18)11-15;1-4-15-10-12-17(13-11-15)20-18(19-14(2)3)16-8-6-5-7-9-16;1-4-15-10-12-17(13-11-15)20-18(14(2)3)19-16-8-6-5-7-9-16;1-3-14-10-12-16(13-11-14)19-17(18-4-2)15-8-6-5-7-9-15;1-5-11-6-8-12(9-7-11)15-13(14-4)10(2)3;5*1-2-7-3-5-8(9)6-4-7/h6-7,9-10,13,15-16,18-19H,4-5,8,11-12H2,1-3H3;2*10-14,16,18H,4-9H2,1-3H3;10-13,15,17H,3-9H2,1-2H3;6-10,13H,5H2,1-4H3;5*3-6,9H,2H2,1H3. The Hall–Kier alpha value is -10.0. The number of aryl methyl sites for hydroxylation is 10. The fourth-order valence-electron chi connectivity index (χ4n) is 17.4. The van der Waals surface area contributed by atoms with Gasteiger partial charge in [0.25, 0.3) is 0 Å². The van der Waals surface area contributed by atoms with E-state index in [2.05, 4.69) is 234 Å². The van der Waals surface area contributed by atoms with E-state index in [0.29, 0.717) is 71.0 Å². The van der Waals surface area contributed by atoms with E-state index in [1.807, 2.05) is 79.7 Å². The van der Waals surface area contributed by atoms with Crippen molar-refractivity contribution in [3.05, 3.63) is 298 Å². The van der Waals surface area contributed by atoms with Crippen molar-refractivity contribution in [2.45, 2.75) is 368 Å². The predicted molar refractivity (Wildman–Crippen MR) is 579 cm³/mol. The first-order valence-corrected chi connectivity index (χ1v) is 53.4. The third-order valence-electron chi connectivity index (χ3n) is 26.2. The van der Waals surface area contributed by atoms with Crippen LogP contribution < -0.4 is 23.7 Å². The summed E-state index contributed by atoms with van der Waals surface area (Å²) in [4.78, 5) is 0. The normalized spacial score (nSPS) is 16.4. The van der Waals surface area contributed by atoms with Gasteiger partial charge < -0.3 is 72.9 Å². The minimum absolute atomic E-state index is 0.0715. The van der Waals surface area contributed by atoms with Crippen LogP contribution in [0.2, 0.25) is 0 Å². The molecular formula is C125H180O15. The Morgan fingerprint density at radius 3 is 0.743 bits per heavy atom. The van der Waals surface area contributed by atoms with Crippen molar-refractivity contribution in [3.8, 4) is 57.5 Å².